The van der Waals surface area contributed by atoms with Gasteiger partial charge in [0, 0.05) is 47.0 Å². The number of likely N-dealkylation sites (tertiary alicyclic amines) is 1. The molecule has 0 bridgehead atoms. The summed E-state index contributed by atoms with van der Waals surface area (Å²) >= 11 is 1.18. The number of rotatable bonds is 27. The summed E-state index contributed by atoms with van der Waals surface area (Å²) in [4.78, 5) is 117. The highest BCUT2D eigenvalue weighted by molar-refractivity contribution is 7.99. The summed E-state index contributed by atoms with van der Waals surface area (Å²) in [5, 5.41) is 16.7. The third-order valence-electron chi connectivity index (χ3n) is 14.0. The van der Waals surface area contributed by atoms with Crippen LogP contribution < -0.4 is 10.6 Å². The van der Waals surface area contributed by atoms with Crippen LogP contribution in [0.4, 0.5) is 0 Å². The molecule has 0 saturated carbocycles. The standard InChI is InChI=1S/C53H82N8O11S/c1-15-35(8)48(40(71-13)28-44(65)61-26-21-24-39(61)50(72-14)36(9)51(68)54-37(10)49(67)38-22-19-18-20-23-38)57(12)53(70)46(33(4)5)55-52(69)47(34(6)7)56(11)45(66)29-73-27-25-43(64)60-31-58(41(62)16-2)30-59(32-60)42(63)17-3/h16-20,22-23,33,35-37,39-40,46-50,67H,2-3,6,15,21,24-32H2,1,4-5,7-14H3,(H,54,68)(H,55,69)/t35-,36-,37-,39+,40-,46+,47+,48+,49-,50-/m1/s1. The number of nitrogens with zero attached hydrogens (tertiary/aromatic N) is 6. The fourth-order valence-corrected chi connectivity index (χ4v) is 10.4. The molecule has 2 aliphatic heterocycles. The Kier molecular flexibility index (Phi) is 24.8. The number of ether oxygens (including phenoxy) is 2. The highest BCUT2D eigenvalue weighted by Gasteiger charge is 2.44. The second-order valence-electron chi connectivity index (χ2n) is 19.6. The van der Waals surface area contributed by atoms with Crippen LogP contribution in [-0.4, -0.2) is 191 Å². The van der Waals surface area contributed by atoms with Gasteiger partial charge in [-0.25, -0.2) is 0 Å². The van der Waals surface area contributed by atoms with Crippen LogP contribution in [0, 0.1) is 17.8 Å². The van der Waals surface area contributed by atoms with E-state index in [0.717, 1.165) is 12.2 Å². The SMILES string of the molecule is C=CC(=O)N1CN(C(=O)C=C)CN(C(=O)CCSCC(=O)N(C)[C@@H](C(=C)C)C(=O)N[C@H](C(=O)N(C)[C@@H]([C@H](C)CC)[C@@H](CC(=O)N2CCC[C@H]2[C@H](OC)[C@@H](C)C(=O)N[C@H](C)[C@@H](O)c2ccccc2)OC)C(C)C)C1. The lowest BCUT2D eigenvalue weighted by Crippen LogP contribution is -2.60. The Morgan fingerprint density at radius 3 is 1.96 bits per heavy atom. The largest absolute Gasteiger partial charge is 0.386 e. The van der Waals surface area contributed by atoms with Gasteiger partial charge in [0.2, 0.25) is 47.3 Å². The number of hydrogen-bond acceptors (Lipinski definition) is 12. The molecule has 406 valence electrons. The van der Waals surface area contributed by atoms with Gasteiger partial charge in [0.05, 0.1) is 74.5 Å². The number of nitrogens with one attached hydrogen (secondary N) is 2. The van der Waals surface area contributed by atoms with Crippen molar-refractivity contribution in [1.29, 1.82) is 0 Å². The topological polar surface area (TPSA) is 219 Å². The lowest BCUT2D eigenvalue weighted by atomic mass is 9.89. The number of likely N-dealkylation sites (N-methyl/N-ethyl adjacent to an activating group) is 2. The number of amides is 8. The van der Waals surface area contributed by atoms with Gasteiger partial charge in [-0.2, -0.15) is 11.8 Å². The van der Waals surface area contributed by atoms with Gasteiger partial charge in [-0.05, 0) is 61.8 Å². The van der Waals surface area contributed by atoms with Gasteiger partial charge in [0.1, 0.15) is 12.1 Å². The maximum atomic E-state index is 14.6. The van der Waals surface area contributed by atoms with E-state index >= 15 is 0 Å². The van der Waals surface area contributed by atoms with E-state index in [1.807, 2.05) is 32.0 Å². The number of aliphatic hydroxyl groups excluding tert-OH is 1. The lowest BCUT2D eigenvalue weighted by molar-refractivity contribution is -0.154. The van der Waals surface area contributed by atoms with Gasteiger partial charge in [0.25, 0.3) is 0 Å². The van der Waals surface area contributed by atoms with Crippen LogP contribution >= 0.6 is 11.8 Å². The van der Waals surface area contributed by atoms with E-state index < -0.39 is 89.9 Å². The number of methoxy groups -OCH3 is 2. The fraction of sp³-hybridized carbons (Fsp3) is 0.623. The molecule has 20 heteroatoms. The second kappa shape index (κ2) is 29.4. The predicted octanol–water partition coefficient (Wildman–Crippen LogP) is 3.56. The maximum Gasteiger partial charge on any atom is 0.248 e. The number of hydrogen-bond donors (Lipinski definition) is 3. The van der Waals surface area contributed by atoms with Crippen molar-refractivity contribution in [1.82, 2.24) is 40.0 Å². The predicted molar refractivity (Wildman–Crippen MR) is 281 cm³/mol. The van der Waals surface area contributed by atoms with Crippen molar-refractivity contribution in [3.63, 3.8) is 0 Å². The van der Waals surface area contributed by atoms with Crippen LogP contribution in [0.25, 0.3) is 0 Å². The van der Waals surface area contributed by atoms with Crippen molar-refractivity contribution in [3.8, 4) is 0 Å². The quantitative estimate of drug-likeness (QED) is 0.0655. The third-order valence-corrected chi connectivity index (χ3v) is 14.9. The van der Waals surface area contributed by atoms with Crippen LogP contribution in [0.5, 0.6) is 0 Å². The van der Waals surface area contributed by atoms with E-state index in [4.69, 9.17) is 9.47 Å². The Labute approximate surface area is 437 Å². The molecule has 1 aromatic rings. The molecule has 0 spiro atoms. The molecule has 1 aromatic carbocycles. The smallest absolute Gasteiger partial charge is 0.248 e. The number of benzene rings is 1. The van der Waals surface area contributed by atoms with Crippen LogP contribution in [0.3, 0.4) is 0 Å². The molecule has 0 unspecified atom stereocenters. The Bertz CT molecular complexity index is 2080. The first-order valence-electron chi connectivity index (χ1n) is 25.0. The van der Waals surface area contributed by atoms with Crippen molar-refractivity contribution < 1.29 is 52.9 Å². The van der Waals surface area contributed by atoms with Crippen molar-refractivity contribution in [2.75, 3.05) is 66.4 Å². The lowest BCUT2D eigenvalue weighted by Gasteiger charge is -2.41. The molecule has 3 N–H and O–H groups in total. The van der Waals surface area contributed by atoms with Gasteiger partial charge in [0.15, 0.2) is 0 Å². The summed E-state index contributed by atoms with van der Waals surface area (Å²) in [6, 6.07) is 5.29. The monoisotopic (exact) mass is 1040 g/mol. The number of aliphatic hydroxyl groups is 1. The van der Waals surface area contributed by atoms with Gasteiger partial charge >= 0.3 is 0 Å². The van der Waals surface area contributed by atoms with Crippen LogP contribution in [0.1, 0.15) is 92.2 Å². The molecule has 2 fully saturated rings. The minimum absolute atomic E-state index is 0.00877. The molecular formula is C53H82N8O11S. The normalized spacial score (nSPS) is 18.5. The molecule has 73 heavy (non-hydrogen) atoms. The first kappa shape index (κ1) is 61.7. The number of thioether (sulfide) groups is 1. The van der Waals surface area contributed by atoms with Gasteiger partial charge in [-0.1, -0.05) is 91.1 Å². The van der Waals surface area contributed by atoms with Crippen molar-refractivity contribution >= 4 is 59.0 Å². The number of carbonyl (C=O) groups excluding carboxylic acids is 8. The molecule has 2 saturated heterocycles. The minimum atomic E-state index is -1.14. The van der Waals surface area contributed by atoms with E-state index in [0.29, 0.717) is 36.9 Å². The zero-order valence-corrected chi connectivity index (χ0v) is 45.7. The zero-order valence-electron chi connectivity index (χ0n) is 44.9. The molecule has 8 amide bonds. The Balaban J connectivity index is 1.69. The summed E-state index contributed by atoms with van der Waals surface area (Å²) < 4.78 is 12.0. The zero-order chi connectivity index (χ0) is 54.9. The van der Waals surface area contributed by atoms with E-state index in [1.54, 1.807) is 63.6 Å². The average Bonchev–Trinajstić information content (AvgIpc) is 3.87. The van der Waals surface area contributed by atoms with Crippen molar-refractivity contribution in [2.24, 2.45) is 17.8 Å². The highest BCUT2D eigenvalue weighted by Crippen LogP contribution is 2.30. The molecule has 19 nitrogen and oxygen atoms in total. The first-order valence-corrected chi connectivity index (χ1v) is 26.2. The Hall–Kier alpha value is -5.57. The van der Waals surface area contributed by atoms with Crippen molar-refractivity contribution in [2.45, 2.75) is 129 Å². The van der Waals surface area contributed by atoms with Gasteiger partial charge in [-0.3, -0.25) is 38.4 Å². The molecule has 2 heterocycles. The van der Waals surface area contributed by atoms with Crippen molar-refractivity contribution in [3.05, 3.63) is 73.4 Å². The van der Waals surface area contributed by atoms with E-state index in [1.165, 1.54) is 52.6 Å². The molecule has 10 atom stereocenters. The first-order chi connectivity index (χ1) is 34.5. The minimum Gasteiger partial charge on any atom is -0.386 e. The van der Waals surface area contributed by atoms with Crippen LogP contribution in [0.2, 0.25) is 0 Å². The molecule has 3 rings (SSSR count). The average molecular weight is 1040 g/mol. The Morgan fingerprint density at radius 2 is 1.44 bits per heavy atom. The maximum absolute atomic E-state index is 14.6. The summed E-state index contributed by atoms with van der Waals surface area (Å²) in [7, 11) is 6.14. The molecular weight excluding hydrogens is 957 g/mol. The fourth-order valence-electron chi connectivity index (χ4n) is 9.55. The Morgan fingerprint density at radius 1 is 0.849 bits per heavy atom. The summed E-state index contributed by atoms with van der Waals surface area (Å²) in [6.07, 6.45) is 1.76. The van der Waals surface area contributed by atoms with E-state index in [2.05, 4.69) is 30.4 Å². The summed E-state index contributed by atoms with van der Waals surface area (Å²) in [5.41, 5.74) is 1.03. The highest BCUT2D eigenvalue weighted by atomic mass is 32.2. The molecule has 0 aliphatic carbocycles. The molecule has 2 aliphatic rings. The van der Waals surface area contributed by atoms with Crippen LogP contribution in [0.15, 0.2) is 67.8 Å². The van der Waals surface area contributed by atoms with E-state index in [9.17, 15) is 43.5 Å². The second-order valence-corrected chi connectivity index (χ2v) is 20.7. The molecule has 0 aromatic heterocycles. The summed E-state index contributed by atoms with van der Waals surface area (Å²) in [6.45, 7) is 24.0. The summed E-state index contributed by atoms with van der Waals surface area (Å²) in [5.74, 6) is -4.26. The van der Waals surface area contributed by atoms with Gasteiger partial charge in [-0.15, -0.1) is 0 Å². The number of carbonyl (C=O) groups is 8. The third kappa shape index (κ3) is 16.5. The molecule has 0 radical (unpaired) electrons. The van der Waals surface area contributed by atoms with E-state index in [-0.39, 0.29) is 68.0 Å². The van der Waals surface area contributed by atoms with Crippen LogP contribution in [-0.2, 0) is 47.8 Å². The van der Waals surface area contributed by atoms with Gasteiger partial charge < -0.3 is 54.6 Å².